The second kappa shape index (κ2) is 3.91. The van der Waals surface area contributed by atoms with Crippen LogP contribution in [-0.4, -0.2) is 0 Å². The Morgan fingerprint density at radius 1 is 1.38 bits per heavy atom. The first-order valence-corrected chi connectivity index (χ1v) is 4.29. The summed E-state index contributed by atoms with van der Waals surface area (Å²) in [4.78, 5) is 0. The van der Waals surface area contributed by atoms with Crippen LogP contribution in [0.3, 0.4) is 0 Å². The van der Waals surface area contributed by atoms with Crippen molar-refractivity contribution < 1.29 is 0 Å². The van der Waals surface area contributed by atoms with Gasteiger partial charge in [0.05, 0.1) is 11.6 Å². The van der Waals surface area contributed by atoms with E-state index in [-0.39, 0.29) is 0 Å². The van der Waals surface area contributed by atoms with Crippen LogP contribution in [0.1, 0.15) is 30.5 Å². The van der Waals surface area contributed by atoms with E-state index >= 15 is 0 Å². The minimum Gasteiger partial charge on any atom is -0.192 e. The van der Waals surface area contributed by atoms with Crippen LogP contribution in [0.15, 0.2) is 23.8 Å². The fourth-order valence-corrected chi connectivity index (χ4v) is 1.18. The minimum absolute atomic E-state index is 0.720. The standard InChI is InChI=1S/C12H13N/c1-9(2)6-12-7-11(8-13)5-4-10(12)3/h4-7H,1-3H3. The van der Waals surface area contributed by atoms with Gasteiger partial charge in [-0.2, -0.15) is 5.26 Å². The van der Waals surface area contributed by atoms with E-state index in [1.54, 1.807) is 0 Å². The highest BCUT2D eigenvalue weighted by Crippen LogP contribution is 2.14. The zero-order chi connectivity index (χ0) is 9.84. The molecular weight excluding hydrogens is 158 g/mol. The zero-order valence-electron chi connectivity index (χ0n) is 8.26. The molecule has 0 atom stereocenters. The molecule has 13 heavy (non-hydrogen) atoms. The maximum atomic E-state index is 8.72. The van der Waals surface area contributed by atoms with Crippen molar-refractivity contribution in [3.05, 3.63) is 40.5 Å². The third kappa shape index (κ3) is 2.45. The average molecular weight is 171 g/mol. The first kappa shape index (κ1) is 9.54. The summed E-state index contributed by atoms with van der Waals surface area (Å²) in [6, 6.07) is 7.88. The number of nitrogens with zero attached hydrogens (tertiary/aromatic N) is 1. The molecule has 0 aromatic heterocycles. The Bertz CT molecular complexity index is 377. The number of benzene rings is 1. The number of allylic oxidation sites excluding steroid dienone is 1. The Hall–Kier alpha value is -1.55. The van der Waals surface area contributed by atoms with Crippen LogP contribution >= 0.6 is 0 Å². The van der Waals surface area contributed by atoms with Crippen LogP contribution in [0.5, 0.6) is 0 Å². The van der Waals surface area contributed by atoms with Crippen molar-refractivity contribution in [2.75, 3.05) is 0 Å². The van der Waals surface area contributed by atoms with Gasteiger partial charge in [-0.05, 0) is 44.0 Å². The van der Waals surface area contributed by atoms with Crippen molar-refractivity contribution >= 4 is 6.08 Å². The van der Waals surface area contributed by atoms with Gasteiger partial charge >= 0.3 is 0 Å². The van der Waals surface area contributed by atoms with E-state index in [1.165, 1.54) is 11.1 Å². The van der Waals surface area contributed by atoms with Crippen LogP contribution in [-0.2, 0) is 0 Å². The largest absolute Gasteiger partial charge is 0.192 e. The van der Waals surface area contributed by atoms with Crippen LogP contribution in [0.25, 0.3) is 6.08 Å². The fourth-order valence-electron chi connectivity index (χ4n) is 1.18. The van der Waals surface area contributed by atoms with Gasteiger partial charge in [-0.1, -0.05) is 17.7 Å². The Balaban J connectivity index is 3.21. The first-order valence-electron chi connectivity index (χ1n) is 4.29. The molecule has 1 aromatic rings. The van der Waals surface area contributed by atoms with E-state index in [0.717, 1.165) is 11.1 Å². The maximum absolute atomic E-state index is 8.72. The first-order chi connectivity index (χ1) is 6.13. The Morgan fingerprint density at radius 3 is 2.62 bits per heavy atom. The van der Waals surface area contributed by atoms with Gasteiger partial charge in [0, 0.05) is 0 Å². The van der Waals surface area contributed by atoms with Gasteiger partial charge in [0.15, 0.2) is 0 Å². The summed E-state index contributed by atoms with van der Waals surface area (Å²) in [6.45, 7) is 6.16. The van der Waals surface area contributed by atoms with Crippen LogP contribution in [0, 0.1) is 18.3 Å². The molecule has 0 N–H and O–H groups in total. The predicted molar refractivity (Wildman–Crippen MR) is 55.2 cm³/mol. The molecule has 0 bridgehead atoms. The molecular formula is C12H13N. The van der Waals surface area contributed by atoms with Crippen LogP contribution in [0.2, 0.25) is 0 Å². The van der Waals surface area contributed by atoms with Crippen LogP contribution < -0.4 is 0 Å². The van der Waals surface area contributed by atoms with Crippen LogP contribution in [0.4, 0.5) is 0 Å². The van der Waals surface area contributed by atoms with Crippen molar-refractivity contribution in [2.45, 2.75) is 20.8 Å². The predicted octanol–water partition coefficient (Wildman–Crippen LogP) is 3.29. The summed E-state index contributed by atoms with van der Waals surface area (Å²) in [5, 5.41) is 8.72. The summed E-state index contributed by atoms with van der Waals surface area (Å²) >= 11 is 0. The molecule has 0 aliphatic carbocycles. The summed E-state index contributed by atoms with van der Waals surface area (Å²) in [5.74, 6) is 0. The molecule has 1 rings (SSSR count). The van der Waals surface area contributed by atoms with Gasteiger partial charge in [0.1, 0.15) is 0 Å². The van der Waals surface area contributed by atoms with Gasteiger partial charge in [0.25, 0.3) is 0 Å². The van der Waals surface area contributed by atoms with E-state index in [1.807, 2.05) is 18.2 Å². The lowest BCUT2D eigenvalue weighted by molar-refractivity contribution is 1.37. The second-order valence-electron chi connectivity index (χ2n) is 3.40. The molecule has 0 aliphatic rings. The topological polar surface area (TPSA) is 23.8 Å². The molecule has 0 fully saturated rings. The molecule has 66 valence electrons. The molecule has 0 saturated carbocycles. The lowest BCUT2D eigenvalue weighted by Gasteiger charge is -2.01. The lowest BCUT2D eigenvalue weighted by Crippen LogP contribution is -1.83. The second-order valence-corrected chi connectivity index (χ2v) is 3.40. The SMILES string of the molecule is CC(C)=Cc1cc(C#N)ccc1C. The third-order valence-corrected chi connectivity index (χ3v) is 1.85. The molecule has 0 amide bonds. The summed E-state index contributed by atoms with van der Waals surface area (Å²) in [6.07, 6.45) is 2.09. The molecule has 0 spiro atoms. The molecule has 0 heterocycles. The number of hydrogen-bond acceptors (Lipinski definition) is 1. The normalized spacial score (nSPS) is 9.08. The van der Waals surface area contributed by atoms with E-state index in [2.05, 4.69) is 32.9 Å². The van der Waals surface area contributed by atoms with Crippen molar-refractivity contribution in [3.8, 4) is 6.07 Å². The Morgan fingerprint density at radius 2 is 2.08 bits per heavy atom. The van der Waals surface area contributed by atoms with Gasteiger partial charge in [-0.15, -0.1) is 0 Å². The van der Waals surface area contributed by atoms with E-state index in [4.69, 9.17) is 5.26 Å². The van der Waals surface area contributed by atoms with E-state index in [9.17, 15) is 0 Å². The number of nitriles is 1. The molecule has 0 saturated heterocycles. The van der Waals surface area contributed by atoms with Crippen molar-refractivity contribution in [3.63, 3.8) is 0 Å². The summed E-state index contributed by atoms with van der Waals surface area (Å²) in [5.41, 5.74) is 4.32. The van der Waals surface area contributed by atoms with Gasteiger partial charge in [-0.3, -0.25) is 0 Å². The van der Waals surface area contributed by atoms with Gasteiger partial charge < -0.3 is 0 Å². The lowest BCUT2D eigenvalue weighted by atomic mass is 10.0. The highest BCUT2D eigenvalue weighted by atomic mass is 14.2. The van der Waals surface area contributed by atoms with E-state index < -0.39 is 0 Å². The maximum Gasteiger partial charge on any atom is 0.0991 e. The molecule has 1 heteroatoms. The van der Waals surface area contributed by atoms with Gasteiger partial charge in [-0.25, -0.2) is 0 Å². The highest BCUT2D eigenvalue weighted by Gasteiger charge is 1.96. The van der Waals surface area contributed by atoms with Crippen molar-refractivity contribution in [2.24, 2.45) is 0 Å². The van der Waals surface area contributed by atoms with Crippen molar-refractivity contribution in [1.29, 1.82) is 5.26 Å². The fraction of sp³-hybridized carbons (Fsp3) is 0.250. The molecule has 1 nitrogen and oxygen atoms in total. The highest BCUT2D eigenvalue weighted by molar-refractivity contribution is 5.58. The summed E-state index contributed by atoms with van der Waals surface area (Å²) in [7, 11) is 0. The molecule has 1 aromatic carbocycles. The summed E-state index contributed by atoms with van der Waals surface area (Å²) < 4.78 is 0. The molecule has 0 radical (unpaired) electrons. The van der Waals surface area contributed by atoms with E-state index in [0.29, 0.717) is 0 Å². The van der Waals surface area contributed by atoms with Crippen molar-refractivity contribution in [1.82, 2.24) is 0 Å². The monoisotopic (exact) mass is 171 g/mol. The smallest absolute Gasteiger partial charge is 0.0991 e. The molecule has 0 unspecified atom stereocenters. The minimum atomic E-state index is 0.720. The average Bonchev–Trinajstić information content (AvgIpc) is 2.08. The number of rotatable bonds is 1. The Kier molecular flexibility index (Phi) is 2.87. The quantitative estimate of drug-likeness (QED) is 0.636. The number of aryl methyl sites for hydroxylation is 1. The Labute approximate surface area is 79.3 Å². The number of hydrogen-bond donors (Lipinski definition) is 0. The zero-order valence-corrected chi connectivity index (χ0v) is 8.26. The third-order valence-electron chi connectivity index (χ3n) is 1.85. The molecule has 0 aliphatic heterocycles. The van der Waals surface area contributed by atoms with Gasteiger partial charge in [0.2, 0.25) is 0 Å².